The molecule has 1 saturated heterocycles. The second kappa shape index (κ2) is 4.39. The highest BCUT2D eigenvalue weighted by atomic mass is 16.7. The third-order valence-corrected chi connectivity index (χ3v) is 2.22. The molecule has 0 radical (unpaired) electrons. The molecule has 2 N–H and O–H groups in total. The molecule has 0 aromatic heterocycles. The first-order chi connectivity index (χ1) is 7.31. The minimum atomic E-state index is -0.0250. The Hall–Kier alpha value is -1.43. The van der Waals surface area contributed by atoms with E-state index in [1.165, 1.54) is 5.06 Å². The first-order valence-corrected chi connectivity index (χ1v) is 4.73. The average Bonchev–Trinajstić information content (AvgIpc) is 2.66. The summed E-state index contributed by atoms with van der Waals surface area (Å²) in [5, 5.41) is 9.81. The zero-order valence-electron chi connectivity index (χ0n) is 8.14. The van der Waals surface area contributed by atoms with Crippen LogP contribution in [0.15, 0.2) is 24.3 Å². The smallest absolute Gasteiger partial charge is 0.253 e. The third kappa shape index (κ3) is 2.15. The second-order valence-corrected chi connectivity index (χ2v) is 3.27. The molecule has 1 aromatic rings. The van der Waals surface area contributed by atoms with Crippen LogP contribution < -0.4 is 10.5 Å². The Bertz CT molecular complexity index is 350. The summed E-state index contributed by atoms with van der Waals surface area (Å²) in [6.07, 6.45) is 0.431. The van der Waals surface area contributed by atoms with Gasteiger partial charge in [-0.2, -0.15) is 5.06 Å². The van der Waals surface area contributed by atoms with Crippen LogP contribution in [0.2, 0.25) is 0 Å². The zero-order valence-corrected chi connectivity index (χ0v) is 8.14. The van der Waals surface area contributed by atoms with Crippen molar-refractivity contribution in [2.45, 2.75) is 13.0 Å². The van der Waals surface area contributed by atoms with Crippen LogP contribution in [0, 0.1) is 0 Å². The summed E-state index contributed by atoms with van der Waals surface area (Å²) in [6, 6.07) is 7.23. The predicted molar refractivity (Wildman–Crippen MR) is 53.1 cm³/mol. The van der Waals surface area contributed by atoms with E-state index in [0.717, 1.165) is 11.3 Å². The summed E-state index contributed by atoms with van der Waals surface area (Å²) in [5.41, 5.74) is 3.73. The maximum atomic E-state index is 11.3. The maximum Gasteiger partial charge on any atom is 0.253 e. The Morgan fingerprint density at radius 3 is 2.67 bits per heavy atom. The lowest BCUT2D eigenvalue weighted by Crippen LogP contribution is -2.22. The van der Waals surface area contributed by atoms with Crippen molar-refractivity contribution in [3.8, 4) is 0 Å². The van der Waals surface area contributed by atoms with Gasteiger partial charge in [0.05, 0.1) is 18.7 Å². The van der Waals surface area contributed by atoms with Crippen molar-refractivity contribution in [2.75, 3.05) is 11.7 Å². The van der Waals surface area contributed by atoms with E-state index in [2.05, 4.69) is 5.48 Å². The van der Waals surface area contributed by atoms with Crippen LogP contribution in [0.3, 0.4) is 0 Å². The molecule has 1 aromatic carbocycles. The average molecular weight is 208 g/mol. The summed E-state index contributed by atoms with van der Waals surface area (Å²) < 4.78 is 0. The van der Waals surface area contributed by atoms with Crippen molar-refractivity contribution < 1.29 is 14.8 Å². The molecular formula is C10H12N2O3. The van der Waals surface area contributed by atoms with Crippen molar-refractivity contribution in [1.82, 2.24) is 5.48 Å². The van der Waals surface area contributed by atoms with Crippen LogP contribution in [0.4, 0.5) is 5.69 Å². The number of anilines is 1. The SMILES string of the molecule is O=C1CCON1c1ccc(CNO)cc1. The minimum Gasteiger partial charge on any atom is -0.316 e. The number of hydrogen-bond donors (Lipinski definition) is 2. The van der Waals surface area contributed by atoms with E-state index in [9.17, 15) is 4.79 Å². The quantitative estimate of drug-likeness (QED) is 0.722. The molecule has 0 atom stereocenters. The number of amides is 1. The van der Waals surface area contributed by atoms with Gasteiger partial charge in [0.2, 0.25) is 0 Å². The highest BCUT2D eigenvalue weighted by Gasteiger charge is 2.22. The van der Waals surface area contributed by atoms with Gasteiger partial charge in [0.15, 0.2) is 0 Å². The van der Waals surface area contributed by atoms with E-state index in [1.54, 1.807) is 12.1 Å². The van der Waals surface area contributed by atoms with Crippen molar-refractivity contribution in [3.63, 3.8) is 0 Å². The van der Waals surface area contributed by atoms with E-state index >= 15 is 0 Å². The van der Waals surface area contributed by atoms with E-state index < -0.39 is 0 Å². The van der Waals surface area contributed by atoms with Gasteiger partial charge in [-0.3, -0.25) is 9.63 Å². The van der Waals surface area contributed by atoms with Crippen LogP contribution in [0.5, 0.6) is 0 Å². The fourth-order valence-corrected chi connectivity index (χ4v) is 1.46. The van der Waals surface area contributed by atoms with Crippen LogP contribution in [0.1, 0.15) is 12.0 Å². The summed E-state index contributed by atoms with van der Waals surface area (Å²) in [4.78, 5) is 16.5. The number of benzene rings is 1. The monoisotopic (exact) mass is 208 g/mol. The first kappa shape index (κ1) is 10.1. The normalized spacial score (nSPS) is 16.1. The lowest BCUT2D eigenvalue weighted by atomic mass is 10.2. The van der Waals surface area contributed by atoms with Crippen molar-refractivity contribution >= 4 is 11.6 Å². The highest BCUT2D eigenvalue weighted by Crippen LogP contribution is 2.20. The van der Waals surface area contributed by atoms with E-state index in [-0.39, 0.29) is 5.91 Å². The molecule has 1 amide bonds. The van der Waals surface area contributed by atoms with Gasteiger partial charge in [-0.15, -0.1) is 0 Å². The third-order valence-electron chi connectivity index (χ3n) is 2.22. The summed E-state index contributed by atoms with van der Waals surface area (Å²) in [7, 11) is 0. The molecular weight excluding hydrogens is 196 g/mol. The molecule has 0 bridgehead atoms. The Labute approximate surface area is 87.2 Å². The van der Waals surface area contributed by atoms with Gasteiger partial charge < -0.3 is 5.21 Å². The van der Waals surface area contributed by atoms with Crippen LogP contribution in [0.25, 0.3) is 0 Å². The largest absolute Gasteiger partial charge is 0.316 e. The maximum absolute atomic E-state index is 11.3. The van der Waals surface area contributed by atoms with Crippen molar-refractivity contribution in [1.29, 1.82) is 0 Å². The Morgan fingerprint density at radius 2 is 2.13 bits per heavy atom. The van der Waals surface area contributed by atoms with Crippen LogP contribution >= 0.6 is 0 Å². The standard InChI is InChI=1S/C10H12N2O3/c13-10-5-6-15-12(10)9-3-1-8(2-4-9)7-11-14/h1-4,11,14H,5-7H2. The molecule has 2 rings (SSSR count). The number of rotatable bonds is 3. The Kier molecular flexibility index (Phi) is 2.96. The topological polar surface area (TPSA) is 61.8 Å². The van der Waals surface area contributed by atoms with Gasteiger partial charge in [0, 0.05) is 6.54 Å². The van der Waals surface area contributed by atoms with Gasteiger partial charge in [-0.1, -0.05) is 12.1 Å². The van der Waals surface area contributed by atoms with E-state index in [4.69, 9.17) is 10.0 Å². The van der Waals surface area contributed by atoms with Gasteiger partial charge in [-0.25, -0.2) is 5.48 Å². The summed E-state index contributed by atoms with van der Waals surface area (Å²) in [6.45, 7) is 0.827. The predicted octanol–water partition coefficient (Wildman–Crippen LogP) is 0.834. The lowest BCUT2D eigenvalue weighted by Gasteiger charge is -2.14. The Balaban J connectivity index is 2.12. The molecule has 0 unspecified atom stereocenters. The minimum absolute atomic E-state index is 0.0250. The molecule has 1 aliphatic rings. The fraction of sp³-hybridized carbons (Fsp3) is 0.300. The number of carbonyl (C=O) groups is 1. The first-order valence-electron chi connectivity index (χ1n) is 4.73. The van der Waals surface area contributed by atoms with Crippen molar-refractivity contribution in [3.05, 3.63) is 29.8 Å². The second-order valence-electron chi connectivity index (χ2n) is 3.27. The molecule has 1 fully saturated rings. The summed E-state index contributed by atoms with van der Waals surface area (Å²) >= 11 is 0. The molecule has 15 heavy (non-hydrogen) atoms. The number of hydrogen-bond acceptors (Lipinski definition) is 4. The van der Waals surface area contributed by atoms with Gasteiger partial charge in [0.25, 0.3) is 5.91 Å². The van der Waals surface area contributed by atoms with Crippen LogP contribution in [-0.2, 0) is 16.2 Å². The molecule has 5 nitrogen and oxygen atoms in total. The van der Waals surface area contributed by atoms with Crippen molar-refractivity contribution in [2.24, 2.45) is 0 Å². The number of hydroxylamine groups is 2. The van der Waals surface area contributed by atoms with Gasteiger partial charge in [-0.05, 0) is 17.7 Å². The zero-order chi connectivity index (χ0) is 10.7. The van der Waals surface area contributed by atoms with E-state index in [1.807, 2.05) is 12.1 Å². The molecule has 1 heterocycles. The van der Waals surface area contributed by atoms with Gasteiger partial charge >= 0.3 is 0 Å². The van der Waals surface area contributed by atoms with E-state index in [0.29, 0.717) is 19.6 Å². The van der Waals surface area contributed by atoms with Gasteiger partial charge in [0.1, 0.15) is 0 Å². The molecule has 0 saturated carbocycles. The Morgan fingerprint density at radius 1 is 1.40 bits per heavy atom. The number of carbonyl (C=O) groups excluding carboxylic acids is 1. The fourth-order valence-electron chi connectivity index (χ4n) is 1.46. The molecule has 0 spiro atoms. The number of nitrogens with zero attached hydrogens (tertiary/aromatic N) is 1. The molecule has 0 aliphatic carbocycles. The molecule has 1 aliphatic heterocycles. The molecule has 80 valence electrons. The lowest BCUT2D eigenvalue weighted by molar-refractivity contribution is -0.119. The number of nitrogens with one attached hydrogen (secondary N) is 1. The van der Waals surface area contributed by atoms with Crippen LogP contribution in [-0.4, -0.2) is 17.7 Å². The molecule has 5 heteroatoms. The summed E-state index contributed by atoms with van der Waals surface area (Å²) in [5.74, 6) is -0.0250. The highest BCUT2D eigenvalue weighted by molar-refractivity contribution is 5.92.